The van der Waals surface area contributed by atoms with Gasteiger partial charge in [-0.2, -0.15) is 0 Å². The molecule has 2 unspecified atom stereocenters. The fourth-order valence-corrected chi connectivity index (χ4v) is 4.88. The van der Waals surface area contributed by atoms with Gasteiger partial charge in [0.15, 0.2) is 0 Å². The fourth-order valence-electron chi connectivity index (χ4n) is 4.88. The number of quaternary nitrogens is 1. The van der Waals surface area contributed by atoms with Crippen molar-refractivity contribution in [2.45, 2.75) is 19.3 Å². The second-order valence-electron chi connectivity index (χ2n) is 6.73. The van der Waals surface area contributed by atoms with Crippen LogP contribution in [-0.2, 0) is 6.42 Å². The van der Waals surface area contributed by atoms with E-state index >= 15 is 0 Å². The minimum atomic E-state index is 0.697. The van der Waals surface area contributed by atoms with Gasteiger partial charge in [0, 0.05) is 49.1 Å². The molecule has 0 saturated carbocycles. The lowest BCUT2D eigenvalue weighted by atomic mass is 9.95. The number of hydrogen-bond donors (Lipinski definition) is 1. The van der Waals surface area contributed by atoms with Gasteiger partial charge in [0.1, 0.15) is 11.4 Å². The van der Waals surface area contributed by atoms with E-state index in [0.717, 1.165) is 23.1 Å². The number of aryl methyl sites for hydroxylation is 1. The first kappa shape index (κ1) is 11.8. The highest BCUT2D eigenvalue weighted by molar-refractivity contribution is 5.72. The average molecular weight is 278 g/mol. The number of rotatable bonds is 0. The van der Waals surface area contributed by atoms with Gasteiger partial charge >= 0.3 is 0 Å². The molecule has 0 aromatic carbocycles. The maximum atomic E-state index is 4.34. The Morgan fingerprint density at radius 1 is 1.33 bits per heavy atom. The van der Waals surface area contributed by atoms with Crippen molar-refractivity contribution in [1.29, 1.82) is 0 Å². The van der Waals surface area contributed by atoms with E-state index in [9.17, 15) is 0 Å². The molecular formula is C18H20N3+. The Hall–Kier alpha value is -1.87. The molecule has 5 heterocycles. The van der Waals surface area contributed by atoms with Crippen LogP contribution in [-0.4, -0.2) is 29.1 Å². The molecule has 1 fully saturated rings. The van der Waals surface area contributed by atoms with Crippen LogP contribution >= 0.6 is 0 Å². The molecule has 21 heavy (non-hydrogen) atoms. The molecule has 3 heteroatoms. The first-order valence-corrected chi connectivity index (χ1v) is 8.00. The standard InChI is InChI=1S/C18H20N3/c1-12-16-9-17-15-4-6-19-10-13(15)3-2-7-21(17)8-5-14(11-20-12)18(16)21/h4,6,9-10,14,20H,1-3,5,7-8,11H2/q+1. The quantitative estimate of drug-likeness (QED) is 0.738. The number of aromatic nitrogens is 1. The topological polar surface area (TPSA) is 24.9 Å². The highest BCUT2D eigenvalue weighted by Gasteiger charge is 2.54. The highest BCUT2D eigenvalue weighted by atomic mass is 15.4. The van der Waals surface area contributed by atoms with Gasteiger partial charge in [0.2, 0.25) is 0 Å². The third-order valence-corrected chi connectivity index (χ3v) is 5.78. The van der Waals surface area contributed by atoms with Crippen molar-refractivity contribution in [2.75, 3.05) is 19.6 Å². The molecule has 1 spiro atoms. The van der Waals surface area contributed by atoms with Crippen LogP contribution in [0.2, 0.25) is 0 Å². The van der Waals surface area contributed by atoms with Crippen LogP contribution in [0.4, 0.5) is 0 Å². The molecule has 106 valence electrons. The molecule has 4 aliphatic heterocycles. The van der Waals surface area contributed by atoms with Crippen molar-refractivity contribution in [3.05, 3.63) is 59.2 Å². The summed E-state index contributed by atoms with van der Waals surface area (Å²) < 4.78 is 1.11. The molecule has 0 amide bonds. The minimum absolute atomic E-state index is 0.697. The Kier molecular flexibility index (Phi) is 2.16. The van der Waals surface area contributed by atoms with Crippen molar-refractivity contribution in [2.24, 2.45) is 5.92 Å². The van der Waals surface area contributed by atoms with E-state index in [1.54, 1.807) is 5.70 Å². The summed E-state index contributed by atoms with van der Waals surface area (Å²) in [4.78, 5) is 4.34. The second-order valence-corrected chi connectivity index (χ2v) is 6.73. The number of nitrogens with one attached hydrogen (secondary N) is 1. The summed E-state index contributed by atoms with van der Waals surface area (Å²) in [5.41, 5.74) is 8.51. The summed E-state index contributed by atoms with van der Waals surface area (Å²) in [5.74, 6) is 0.697. The van der Waals surface area contributed by atoms with Gasteiger partial charge in [0.05, 0.1) is 24.6 Å². The lowest BCUT2D eigenvalue weighted by Crippen LogP contribution is -2.42. The monoisotopic (exact) mass is 278 g/mol. The number of fused-ring (bicyclic) bond motifs is 2. The average Bonchev–Trinajstić information content (AvgIpc) is 2.98. The van der Waals surface area contributed by atoms with Crippen LogP contribution in [0.3, 0.4) is 0 Å². The van der Waals surface area contributed by atoms with Gasteiger partial charge in [-0.15, -0.1) is 0 Å². The maximum absolute atomic E-state index is 4.34. The van der Waals surface area contributed by atoms with Crippen molar-refractivity contribution < 1.29 is 4.48 Å². The van der Waals surface area contributed by atoms with Gasteiger partial charge in [-0.3, -0.25) is 9.47 Å². The Bertz CT molecular complexity index is 728. The number of nitrogens with zero attached hydrogens (tertiary/aromatic N) is 2. The first-order valence-electron chi connectivity index (χ1n) is 8.00. The number of pyridine rings is 1. The predicted octanol–water partition coefficient (Wildman–Crippen LogP) is 2.59. The minimum Gasteiger partial charge on any atom is -0.384 e. The third-order valence-electron chi connectivity index (χ3n) is 5.78. The van der Waals surface area contributed by atoms with Gasteiger partial charge in [-0.1, -0.05) is 6.58 Å². The van der Waals surface area contributed by atoms with E-state index in [1.807, 2.05) is 6.20 Å². The number of hydrogen-bond acceptors (Lipinski definition) is 2. The summed E-state index contributed by atoms with van der Waals surface area (Å²) >= 11 is 0. The number of allylic oxidation sites excluding steroid dienone is 1. The highest BCUT2D eigenvalue weighted by Crippen LogP contribution is 2.53. The summed E-state index contributed by atoms with van der Waals surface area (Å²) in [6.45, 7) is 7.82. The SMILES string of the molecule is C=C1NCC2CC[N+]34CCCc5cnccc5C3=CC1=C24. The maximum Gasteiger partial charge on any atom is 0.146 e. The van der Waals surface area contributed by atoms with Crippen molar-refractivity contribution in [3.8, 4) is 0 Å². The predicted molar refractivity (Wildman–Crippen MR) is 82.8 cm³/mol. The van der Waals surface area contributed by atoms with Crippen molar-refractivity contribution in [1.82, 2.24) is 10.3 Å². The summed E-state index contributed by atoms with van der Waals surface area (Å²) in [7, 11) is 0. The molecule has 3 nitrogen and oxygen atoms in total. The summed E-state index contributed by atoms with van der Waals surface area (Å²) in [6.07, 6.45) is 10.1. The van der Waals surface area contributed by atoms with Crippen LogP contribution in [0.25, 0.3) is 5.70 Å². The van der Waals surface area contributed by atoms with Gasteiger partial charge < -0.3 is 5.32 Å². The Morgan fingerprint density at radius 3 is 3.24 bits per heavy atom. The zero-order valence-electron chi connectivity index (χ0n) is 12.2. The zero-order valence-corrected chi connectivity index (χ0v) is 12.2. The molecular weight excluding hydrogens is 258 g/mol. The summed E-state index contributed by atoms with van der Waals surface area (Å²) in [5, 5.41) is 3.51. The largest absolute Gasteiger partial charge is 0.384 e. The zero-order chi connectivity index (χ0) is 14.0. The van der Waals surface area contributed by atoms with E-state index in [0.29, 0.717) is 5.92 Å². The molecule has 5 rings (SSSR count). The third kappa shape index (κ3) is 1.35. The summed E-state index contributed by atoms with van der Waals surface area (Å²) in [6, 6.07) is 2.22. The fraction of sp³-hybridized carbons (Fsp3) is 0.389. The van der Waals surface area contributed by atoms with Crippen LogP contribution in [0, 0.1) is 5.92 Å². The molecule has 0 bridgehead atoms. The van der Waals surface area contributed by atoms with Crippen molar-refractivity contribution >= 4 is 5.70 Å². The molecule has 0 radical (unpaired) electrons. The van der Waals surface area contributed by atoms with E-state index < -0.39 is 0 Å². The second kappa shape index (κ2) is 3.86. The smallest absolute Gasteiger partial charge is 0.146 e. The molecule has 1 aromatic rings. The van der Waals surface area contributed by atoms with Gasteiger partial charge in [-0.25, -0.2) is 0 Å². The molecule has 4 aliphatic rings. The van der Waals surface area contributed by atoms with Gasteiger partial charge in [0.25, 0.3) is 0 Å². The van der Waals surface area contributed by atoms with Crippen LogP contribution in [0.15, 0.2) is 48.1 Å². The van der Waals surface area contributed by atoms with E-state index in [2.05, 4.69) is 35.2 Å². The normalized spacial score (nSPS) is 32.9. The van der Waals surface area contributed by atoms with E-state index in [4.69, 9.17) is 0 Å². The Labute approximate surface area is 125 Å². The molecule has 1 N–H and O–H groups in total. The lowest BCUT2D eigenvalue weighted by Gasteiger charge is -2.35. The molecule has 1 aromatic heterocycles. The molecule has 0 aliphatic carbocycles. The van der Waals surface area contributed by atoms with Crippen LogP contribution in [0.1, 0.15) is 24.0 Å². The van der Waals surface area contributed by atoms with E-state index in [1.165, 1.54) is 48.3 Å². The first-order chi connectivity index (χ1) is 10.3. The van der Waals surface area contributed by atoms with Crippen molar-refractivity contribution in [3.63, 3.8) is 0 Å². The van der Waals surface area contributed by atoms with Crippen LogP contribution < -0.4 is 5.32 Å². The lowest BCUT2D eigenvalue weighted by molar-refractivity contribution is -0.810. The van der Waals surface area contributed by atoms with Crippen LogP contribution in [0.5, 0.6) is 0 Å². The molecule has 1 saturated heterocycles. The molecule has 2 atom stereocenters. The Morgan fingerprint density at radius 2 is 2.29 bits per heavy atom. The van der Waals surface area contributed by atoms with E-state index in [-0.39, 0.29) is 0 Å². The Balaban J connectivity index is 1.78. The van der Waals surface area contributed by atoms with Gasteiger partial charge in [-0.05, 0) is 18.1 Å².